The molecule has 2 aromatic carbocycles. The molecule has 2 rings (SSSR count). The van der Waals surface area contributed by atoms with E-state index in [1.807, 2.05) is 0 Å². The van der Waals surface area contributed by atoms with Crippen molar-refractivity contribution in [3.63, 3.8) is 0 Å². The standard InChI is InChI=1S/C17H14F2O2/c18-15-6-8-17(9-7-15)21-12-14-4-5-16(19)11-13(14)3-1-2-10-20/h4-9,11,20H,2,10,12H2. The molecule has 0 fully saturated rings. The molecule has 0 spiro atoms. The minimum atomic E-state index is -0.381. The van der Waals surface area contributed by atoms with E-state index in [1.54, 1.807) is 6.07 Å². The summed E-state index contributed by atoms with van der Waals surface area (Å²) in [6.45, 7) is 0.165. The van der Waals surface area contributed by atoms with Gasteiger partial charge in [0, 0.05) is 17.5 Å². The van der Waals surface area contributed by atoms with Gasteiger partial charge in [0.2, 0.25) is 0 Å². The molecule has 0 atom stereocenters. The van der Waals surface area contributed by atoms with Crippen molar-refractivity contribution in [1.29, 1.82) is 0 Å². The molecule has 21 heavy (non-hydrogen) atoms. The molecular weight excluding hydrogens is 274 g/mol. The summed E-state index contributed by atoms with van der Waals surface area (Å²) in [6.07, 6.45) is 0.328. The quantitative estimate of drug-likeness (QED) is 0.875. The van der Waals surface area contributed by atoms with Crippen LogP contribution in [0.4, 0.5) is 8.78 Å². The number of aliphatic hydroxyl groups is 1. The van der Waals surface area contributed by atoms with E-state index in [2.05, 4.69) is 11.8 Å². The fourth-order valence-electron chi connectivity index (χ4n) is 1.70. The summed E-state index contributed by atoms with van der Waals surface area (Å²) in [7, 11) is 0. The van der Waals surface area contributed by atoms with Gasteiger partial charge >= 0.3 is 0 Å². The lowest BCUT2D eigenvalue weighted by molar-refractivity contribution is 0.305. The summed E-state index contributed by atoms with van der Waals surface area (Å²) in [5.74, 6) is 5.37. The first-order valence-electron chi connectivity index (χ1n) is 6.45. The largest absolute Gasteiger partial charge is 0.489 e. The van der Waals surface area contributed by atoms with Gasteiger partial charge in [0.25, 0.3) is 0 Å². The van der Waals surface area contributed by atoms with Crippen LogP contribution in [0.3, 0.4) is 0 Å². The Morgan fingerprint density at radius 2 is 1.71 bits per heavy atom. The first-order chi connectivity index (χ1) is 10.2. The fourth-order valence-corrected chi connectivity index (χ4v) is 1.70. The van der Waals surface area contributed by atoms with E-state index in [9.17, 15) is 8.78 Å². The van der Waals surface area contributed by atoms with Crippen LogP contribution in [0.25, 0.3) is 0 Å². The van der Waals surface area contributed by atoms with Gasteiger partial charge in [0.15, 0.2) is 0 Å². The molecule has 0 saturated carbocycles. The average Bonchev–Trinajstić information content (AvgIpc) is 2.48. The van der Waals surface area contributed by atoms with Gasteiger partial charge in [-0.25, -0.2) is 8.78 Å². The van der Waals surface area contributed by atoms with Crippen molar-refractivity contribution in [2.75, 3.05) is 6.61 Å². The van der Waals surface area contributed by atoms with Crippen LogP contribution < -0.4 is 4.74 Å². The predicted octanol–water partition coefficient (Wildman–Crippen LogP) is 3.28. The lowest BCUT2D eigenvalue weighted by Gasteiger charge is -2.08. The summed E-state index contributed by atoms with van der Waals surface area (Å²) in [6, 6.07) is 9.92. The maximum atomic E-state index is 13.3. The topological polar surface area (TPSA) is 29.5 Å². The van der Waals surface area contributed by atoms with Crippen LogP contribution in [0.1, 0.15) is 17.5 Å². The highest BCUT2D eigenvalue weighted by Crippen LogP contribution is 2.16. The summed E-state index contributed by atoms with van der Waals surface area (Å²) in [5.41, 5.74) is 1.25. The summed E-state index contributed by atoms with van der Waals surface area (Å²) >= 11 is 0. The maximum absolute atomic E-state index is 13.3. The lowest BCUT2D eigenvalue weighted by atomic mass is 10.1. The van der Waals surface area contributed by atoms with E-state index in [-0.39, 0.29) is 24.8 Å². The first kappa shape index (κ1) is 15.0. The van der Waals surface area contributed by atoms with Crippen LogP contribution in [0.2, 0.25) is 0 Å². The molecule has 0 bridgehead atoms. The summed E-state index contributed by atoms with van der Waals surface area (Å²) in [4.78, 5) is 0. The molecule has 2 aromatic rings. The second-order valence-corrected chi connectivity index (χ2v) is 4.32. The first-order valence-corrected chi connectivity index (χ1v) is 6.45. The van der Waals surface area contributed by atoms with Gasteiger partial charge in [-0.15, -0.1) is 0 Å². The number of benzene rings is 2. The Bertz CT molecular complexity index is 655. The molecule has 0 saturated heterocycles. The highest BCUT2D eigenvalue weighted by atomic mass is 19.1. The van der Waals surface area contributed by atoms with Gasteiger partial charge in [-0.1, -0.05) is 17.9 Å². The summed E-state index contributed by atoms with van der Waals surface area (Å²) in [5, 5.41) is 8.71. The molecule has 0 heterocycles. The molecule has 4 heteroatoms. The van der Waals surface area contributed by atoms with Crippen molar-refractivity contribution in [3.8, 4) is 17.6 Å². The zero-order valence-corrected chi connectivity index (χ0v) is 11.3. The molecule has 1 N–H and O–H groups in total. The second kappa shape index (κ2) is 7.41. The zero-order valence-electron chi connectivity index (χ0n) is 11.3. The number of ether oxygens (including phenoxy) is 1. The number of hydrogen-bond donors (Lipinski definition) is 1. The minimum Gasteiger partial charge on any atom is -0.489 e. The van der Waals surface area contributed by atoms with Crippen molar-refractivity contribution in [1.82, 2.24) is 0 Å². The van der Waals surface area contributed by atoms with E-state index in [0.29, 0.717) is 17.7 Å². The monoisotopic (exact) mass is 288 g/mol. The van der Waals surface area contributed by atoms with E-state index in [1.165, 1.54) is 36.4 Å². The molecule has 0 aliphatic carbocycles. The maximum Gasteiger partial charge on any atom is 0.124 e. The number of rotatable bonds is 4. The molecular formula is C17H14F2O2. The van der Waals surface area contributed by atoms with Crippen LogP contribution in [-0.4, -0.2) is 11.7 Å². The Morgan fingerprint density at radius 3 is 2.43 bits per heavy atom. The highest BCUT2D eigenvalue weighted by molar-refractivity contribution is 5.41. The number of hydrogen-bond acceptors (Lipinski definition) is 2. The van der Waals surface area contributed by atoms with Crippen LogP contribution in [0, 0.1) is 23.5 Å². The summed E-state index contributed by atoms with van der Waals surface area (Å²) < 4.78 is 31.6. The molecule has 2 nitrogen and oxygen atoms in total. The third kappa shape index (κ3) is 4.59. The molecule has 108 valence electrons. The second-order valence-electron chi connectivity index (χ2n) is 4.32. The smallest absolute Gasteiger partial charge is 0.124 e. The van der Waals surface area contributed by atoms with Gasteiger partial charge in [-0.3, -0.25) is 0 Å². The van der Waals surface area contributed by atoms with Crippen molar-refractivity contribution < 1.29 is 18.6 Å². The van der Waals surface area contributed by atoms with E-state index < -0.39 is 0 Å². The number of halogens is 2. The molecule has 0 radical (unpaired) electrons. The Hall–Kier alpha value is -2.38. The average molecular weight is 288 g/mol. The molecule has 0 amide bonds. The third-order valence-electron chi connectivity index (χ3n) is 2.74. The molecule has 0 aliphatic heterocycles. The lowest BCUT2D eigenvalue weighted by Crippen LogP contribution is -1.99. The van der Waals surface area contributed by atoms with Gasteiger partial charge in [-0.2, -0.15) is 0 Å². The van der Waals surface area contributed by atoms with Crippen LogP contribution >= 0.6 is 0 Å². The van der Waals surface area contributed by atoms with Crippen LogP contribution in [0.5, 0.6) is 5.75 Å². The fraction of sp³-hybridized carbons (Fsp3) is 0.176. The van der Waals surface area contributed by atoms with Crippen molar-refractivity contribution in [3.05, 3.63) is 65.2 Å². The SMILES string of the molecule is OCCC#Cc1cc(F)ccc1COc1ccc(F)cc1. The van der Waals surface area contributed by atoms with Gasteiger partial charge in [-0.05, 0) is 36.4 Å². The zero-order chi connectivity index (χ0) is 15.1. The molecule has 0 aliphatic rings. The predicted molar refractivity (Wildman–Crippen MR) is 75.7 cm³/mol. The van der Waals surface area contributed by atoms with Crippen LogP contribution in [0.15, 0.2) is 42.5 Å². The van der Waals surface area contributed by atoms with E-state index in [0.717, 1.165) is 5.56 Å². The molecule has 0 aromatic heterocycles. The Balaban J connectivity index is 2.12. The normalized spacial score (nSPS) is 9.86. The third-order valence-corrected chi connectivity index (χ3v) is 2.74. The van der Waals surface area contributed by atoms with Crippen molar-refractivity contribution >= 4 is 0 Å². The molecule has 0 unspecified atom stereocenters. The van der Waals surface area contributed by atoms with Crippen LogP contribution in [-0.2, 0) is 6.61 Å². The van der Waals surface area contributed by atoms with E-state index >= 15 is 0 Å². The van der Waals surface area contributed by atoms with Gasteiger partial charge in [0.05, 0.1) is 6.61 Å². The van der Waals surface area contributed by atoms with Crippen molar-refractivity contribution in [2.45, 2.75) is 13.0 Å². The highest BCUT2D eigenvalue weighted by Gasteiger charge is 2.04. The Labute approximate surface area is 122 Å². The Kier molecular flexibility index (Phi) is 5.30. The van der Waals surface area contributed by atoms with Gasteiger partial charge < -0.3 is 9.84 Å². The van der Waals surface area contributed by atoms with Gasteiger partial charge in [0.1, 0.15) is 24.0 Å². The van der Waals surface area contributed by atoms with Crippen molar-refractivity contribution in [2.24, 2.45) is 0 Å². The number of aliphatic hydroxyl groups excluding tert-OH is 1. The van der Waals surface area contributed by atoms with E-state index in [4.69, 9.17) is 9.84 Å². The Morgan fingerprint density at radius 1 is 1.00 bits per heavy atom. The minimum absolute atomic E-state index is 0.0380.